The van der Waals surface area contributed by atoms with Gasteiger partial charge in [0.2, 0.25) is 5.88 Å². The van der Waals surface area contributed by atoms with Crippen LogP contribution in [0.4, 0.5) is 8.78 Å². The van der Waals surface area contributed by atoms with Crippen LogP contribution in [0.15, 0.2) is 24.3 Å². The number of halogens is 2. The molecule has 1 aliphatic rings. The van der Waals surface area contributed by atoms with Crippen LogP contribution in [0, 0.1) is 11.6 Å². The third-order valence-electron chi connectivity index (χ3n) is 3.64. The average molecular weight is 305 g/mol. The molecular weight excluding hydrogens is 292 g/mol. The zero-order chi connectivity index (χ0) is 15.9. The molecule has 1 N–H and O–H groups in total. The number of ether oxygens (including phenoxy) is 1. The fourth-order valence-electron chi connectivity index (χ4n) is 2.54. The summed E-state index contributed by atoms with van der Waals surface area (Å²) in [5, 5.41) is 9.17. The number of rotatable bonds is 2. The van der Waals surface area contributed by atoms with E-state index in [1.807, 2.05) is 6.92 Å². The molecule has 4 nitrogen and oxygen atoms in total. The van der Waals surface area contributed by atoms with Gasteiger partial charge in [-0.1, -0.05) is 0 Å². The molecule has 6 heteroatoms. The number of carbonyl (C=O) groups is 1. The van der Waals surface area contributed by atoms with E-state index < -0.39 is 17.6 Å². The largest absolute Gasteiger partial charge is 0.477 e. The van der Waals surface area contributed by atoms with Crippen LogP contribution < -0.4 is 4.74 Å². The molecule has 0 fully saturated rings. The SMILES string of the molecule is CC1CCc2c(-c3ccc(F)cc3F)cc(C(=O)O)nc2O1. The van der Waals surface area contributed by atoms with E-state index >= 15 is 0 Å². The topological polar surface area (TPSA) is 59.4 Å². The first-order chi connectivity index (χ1) is 10.5. The normalized spacial score (nSPS) is 16.8. The summed E-state index contributed by atoms with van der Waals surface area (Å²) < 4.78 is 32.7. The molecule has 1 aromatic carbocycles. The van der Waals surface area contributed by atoms with Crippen LogP contribution in [-0.2, 0) is 6.42 Å². The Morgan fingerprint density at radius 3 is 2.77 bits per heavy atom. The molecule has 0 aliphatic carbocycles. The Bertz CT molecular complexity index is 761. The molecule has 0 saturated carbocycles. The molecule has 1 atom stereocenters. The average Bonchev–Trinajstić information content (AvgIpc) is 2.45. The monoisotopic (exact) mass is 305 g/mol. The summed E-state index contributed by atoms with van der Waals surface area (Å²) in [4.78, 5) is 15.2. The Morgan fingerprint density at radius 2 is 2.09 bits per heavy atom. The lowest BCUT2D eigenvalue weighted by Gasteiger charge is -2.24. The fraction of sp³-hybridized carbons (Fsp3) is 0.250. The van der Waals surface area contributed by atoms with Crippen LogP contribution in [0.1, 0.15) is 29.4 Å². The maximum absolute atomic E-state index is 14.1. The molecule has 1 aliphatic heterocycles. The molecule has 3 rings (SSSR count). The quantitative estimate of drug-likeness (QED) is 0.923. The lowest BCUT2D eigenvalue weighted by Crippen LogP contribution is -2.21. The van der Waals surface area contributed by atoms with E-state index in [1.54, 1.807) is 0 Å². The first-order valence-electron chi connectivity index (χ1n) is 6.85. The minimum absolute atomic E-state index is 0.0880. The van der Waals surface area contributed by atoms with Crippen molar-refractivity contribution in [3.63, 3.8) is 0 Å². The van der Waals surface area contributed by atoms with E-state index in [2.05, 4.69) is 4.98 Å². The van der Waals surface area contributed by atoms with Gasteiger partial charge < -0.3 is 9.84 Å². The van der Waals surface area contributed by atoms with Crippen LogP contribution in [0.2, 0.25) is 0 Å². The molecule has 2 heterocycles. The summed E-state index contributed by atoms with van der Waals surface area (Å²) in [6.45, 7) is 1.86. The second kappa shape index (κ2) is 5.36. The van der Waals surface area contributed by atoms with Crippen molar-refractivity contribution in [2.24, 2.45) is 0 Å². The lowest BCUT2D eigenvalue weighted by atomic mass is 9.94. The summed E-state index contributed by atoms with van der Waals surface area (Å²) >= 11 is 0. The number of carboxylic acids is 1. The van der Waals surface area contributed by atoms with Crippen molar-refractivity contribution in [3.8, 4) is 17.0 Å². The molecule has 0 saturated heterocycles. The van der Waals surface area contributed by atoms with Crippen LogP contribution in [0.5, 0.6) is 5.88 Å². The summed E-state index contributed by atoms with van der Waals surface area (Å²) in [6.07, 6.45) is 1.22. The second-order valence-electron chi connectivity index (χ2n) is 5.24. The molecule has 0 bridgehead atoms. The van der Waals surface area contributed by atoms with Gasteiger partial charge in [-0.05, 0) is 43.5 Å². The first kappa shape index (κ1) is 14.4. The van der Waals surface area contributed by atoms with Crippen molar-refractivity contribution in [1.29, 1.82) is 0 Å². The molecule has 1 unspecified atom stereocenters. The number of nitrogens with zero attached hydrogens (tertiary/aromatic N) is 1. The van der Waals surface area contributed by atoms with E-state index in [4.69, 9.17) is 9.84 Å². The Balaban J connectivity index is 2.23. The van der Waals surface area contributed by atoms with Gasteiger partial charge in [0, 0.05) is 17.2 Å². The number of pyridine rings is 1. The zero-order valence-electron chi connectivity index (χ0n) is 11.8. The van der Waals surface area contributed by atoms with E-state index in [0.29, 0.717) is 17.5 Å². The Labute approximate surface area is 125 Å². The highest BCUT2D eigenvalue weighted by Crippen LogP contribution is 2.36. The Morgan fingerprint density at radius 1 is 1.32 bits per heavy atom. The number of aromatic carboxylic acids is 1. The number of aromatic nitrogens is 1. The summed E-state index contributed by atoms with van der Waals surface area (Å²) in [5.41, 5.74) is 0.938. The van der Waals surface area contributed by atoms with Gasteiger partial charge in [-0.15, -0.1) is 0 Å². The van der Waals surface area contributed by atoms with Crippen molar-refractivity contribution < 1.29 is 23.4 Å². The van der Waals surface area contributed by atoms with Crippen molar-refractivity contribution >= 4 is 5.97 Å². The van der Waals surface area contributed by atoms with Crippen LogP contribution >= 0.6 is 0 Å². The highest BCUT2D eigenvalue weighted by molar-refractivity contribution is 5.88. The van der Waals surface area contributed by atoms with E-state index in [9.17, 15) is 13.6 Å². The van der Waals surface area contributed by atoms with Gasteiger partial charge in [0.05, 0.1) is 6.10 Å². The second-order valence-corrected chi connectivity index (χ2v) is 5.24. The van der Waals surface area contributed by atoms with E-state index in [1.165, 1.54) is 12.1 Å². The third kappa shape index (κ3) is 2.52. The molecule has 2 aromatic rings. The van der Waals surface area contributed by atoms with Crippen molar-refractivity contribution in [2.45, 2.75) is 25.9 Å². The summed E-state index contributed by atoms with van der Waals surface area (Å²) in [5.74, 6) is -2.46. The van der Waals surface area contributed by atoms with Crippen molar-refractivity contribution in [1.82, 2.24) is 4.98 Å². The van der Waals surface area contributed by atoms with Gasteiger partial charge in [-0.25, -0.2) is 18.6 Å². The summed E-state index contributed by atoms with van der Waals surface area (Å²) in [7, 11) is 0. The van der Waals surface area contributed by atoms with Gasteiger partial charge in [-0.2, -0.15) is 0 Å². The fourth-order valence-corrected chi connectivity index (χ4v) is 2.54. The van der Waals surface area contributed by atoms with E-state index in [-0.39, 0.29) is 23.2 Å². The predicted octanol–water partition coefficient (Wildman–Crippen LogP) is 3.44. The standard InChI is InChI=1S/C16H13F2NO3/c1-8-2-4-11-12(10-5-3-9(17)6-13(10)18)7-14(16(20)21)19-15(11)22-8/h3,5-8H,2,4H2,1H3,(H,20,21). The van der Waals surface area contributed by atoms with Crippen LogP contribution in [0.3, 0.4) is 0 Å². The van der Waals surface area contributed by atoms with Gasteiger partial charge in [0.15, 0.2) is 5.69 Å². The Kier molecular flexibility index (Phi) is 3.52. The van der Waals surface area contributed by atoms with Crippen LogP contribution in [0.25, 0.3) is 11.1 Å². The zero-order valence-corrected chi connectivity index (χ0v) is 11.8. The number of carboxylic acid groups (broad SMARTS) is 1. The van der Waals surface area contributed by atoms with Gasteiger partial charge >= 0.3 is 5.97 Å². The molecule has 0 radical (unpaired) electrons. The minimum Gasteiger partial charge on any atom is -0.477 e. The van der Waals surface area contributed by atoms with Crippen LogP contribution in [-0.4, -0.2) is 22.2 Å². The number of hydrogen-bond donors (Lipinski definition) is 1. The third-order valence-corrected chi connectivity index (χ3v) is 3.64. The maximum atomic E-state index is 14.1. The van der Waals surface area contributed by atoms with E-state index in [0.717, 1.165) is 18.6 Å². The Hall–Kier alpha value is -2.50. The summed E-state index contributed by atoms with van der Waals surface area (Å²) in [6, 6.07) is 4.51. The molecule has 0 spiro atoms. The van der Waals surface area contributed by atoms with Crippen molar-refractivity contribution in [3.05, 3.63) is 47.2 Å². The predicted molar refractivity (Wildman–Crippen MR) is 75.0 cm³/mol. The number of hydrogen-bond acceptors (Lipinski definition) is 3. The van der Waals surface area contributed by atoms with Gasteiger partial charge in [0.1, 0.15) is 11.6 Å². The maximum Gasteiger partial charge on any atom is 0.354 e. The molecule has 114 valence electrons. The van der Waals surface area contributed by atoms with Gasteiger partial charge in [-0.3, -0.25) is 0 Å². The molecular formula is C16H13F2NO3. The highest BCUT2D eigenvalue weighted by atomic mass is 19.1. The van der Waals surface area contributed by atoms with Crippen molar-refractivity contribution in [2.75, 3.05) is 0 Å². The molecule has 1 aromatic heterocycles. The molecule has 22 heavy (non-hydrogen) atoms. The smallest absolute Gasteiger partial charge is 0.354 e. The molecule has 0 amide bonds. The van der Waals surface area contributed by atoms with Gasteiger partial charge in [0.25, 0.3) is 0 Å². The first-order valence-corrected chi connectivity index (χ1v) is 6.85. The number of benzene rings is 1. The highest BCUT2D eigenvalue weighted by Gasteiger charge is 2.25. The minimum atomic E-state index is -1.23. The number of fused-ring (bicyclic) bond motifs is 1. The lowest BCUT2D eigenvalue weighted by molar-refractivity contribution is 0.0687.